The lowest BCUT2D eigenvalue weighted by molar-refractivity contribution is -0.384. The van der Waals surface area contributed by atoms with Gasteiger partial charge in [0.25, 0.3) is 5.69 Å². The highest BCUT2D eigenvalue weighted by molar-refractivity contribution is 7.87. The first kappa shape index (κ1) is 24.2. The molecule has 35 heavy (non-hydrogen) atoms. The first-order valence-electron chi connectivity index (χ1n) is 10.7. The molecule has 0 radical (unpaired) electrons. The standard InChI is InChI=1S/C24H22N2O8S/c1-17-2-12-22(13-3-17)35(30,31)34-21-8-4-18(5-9-21)23-16-25(14-15-32-23)24(27)33-20-10-6-19(7-11-20)26(28)29/h2-13,23H,14-16H2,1H3/t23-/m0/s1. The summed E-state index contributed by atoms with van der Waals surface area (Å²) < 4.78 is 41.3. The van der Waals surface area contributed by atoms with Gasteiger partial charge >= 0.3 is 16.2 Å². The molecule has 0 aromatic heterocycles. The number of nitrogens with zero attached hydrogens (tertiary/aromatic N) is 2. The van der Waals surface area contributed by atoms with Gasteiger partial charge in [0.05, 0.1) is 18.1 Å². The fourth-order valence-electron chi connectivity index (χ4n) is 3.44. The molecular formula is C24H22N2O8S. The molecule has 0 unspecified atom stereocenters. The zero-order chi connectivity index (χ0) is 25.0. The molecule has 1 aliphatic rings. The van der Waals surface area contributed by atoms with Gasteiger partial charge in [-0.05, 0) is 48.9 Å². The molecule has 1 atom stereocenters. The monoisotopic (exact) mass is 498 g/mol. The van der Waals surface area contributed by atoms with Crippen molar-refractivity contribution in [2.45, 2.75) is 17.9 Å². The first-order valence-corrected chi connectivity index (χ1v) is 12.1. The molecule has 0 N–H and O–H groups in total. The second kappa shape index (κ2) is 10.1. The maximum absolute atomic E-state index is 12.6. The van der Waals surface area contributed by atoms with Crippen molar-refractivity contribution in [2.75, 3.05) is 19.7 Å². The summed E-state index contributed by atoms with van der Waals surface area (Å²) in [6, 6.07) is 18.0. The molecule has 1 saturated heterocycles. The lowest BCUT2D eigenvalue weighted by atomic mass is 10.1. The van der Waals surface area contributed by atoms with Crippen LogP contribution >= 0.6 is 0 Å². The van der Waals surface area contributed by atoms with Gasteiger partial charge in [-0.3, -0.25) is 10.1 Å². The van der Waals surface area contributed by atoms with E-state index >= 15 is 0 Å². The van der Waals surface area contributed by atoms with Crippen LogP contribution in [0, 0.1) is 17.0 Å². The number of nitro benzene ring substituents is 1. The van der Waals surface area contributed by atoms with E-state index in [1.165, 1.54) is 53.4 Å². The van der Waals surface area contributed by atoms with Crippen LogP contribution in [-0.2, 0) is 14.9 Å². The molecule has 4 rings (SSSR count). The Balaban J connectivity index is 1.38. The Morgan fingerprint density at radius 2 is 1.63 bits per heavy atom. The Labute approximate surface area is 201 Å². The van der Waals surface area contributed by atoms with E-state index in [0.29, 0.717) is 6.54 Å². The Bertz CT molecular complexity index is 1310. The number of carbonyl (C=O) groups excluding carboxylic acids is 1. The molecule has 11 heteroatoms. The van der Waals surface area contributed by atoms with Crippen molar-refractivity contribution in [3.63, 3.8) is 0 Å². The number of benzene rings is 3. The summed E-state index contributed by atoms with van der Waals surface area (Å²) in [4.78, 5) is 24.3. The maximum Gasteiger partial charge on any atom is 0.415 e. The third-order valence-corrected chi connectivity index (χ3v) is 6.61. The lowest BCUT2D eigenvalue weighted by Crippen LogP contribution is -2.43. The van der Waals surface area contributed by atoms with E-state index in [2.05, 4.69) is 0 Å². The van der Waals surface area contributed by atoms with Gasteiger partial charge in [0.2, 0.25) is 0 Å². The number of hydrogen-bond acceptors (Lipinski definition) is 8. The maximum atomic E-state index is 12.6. The van der Waals surface area contributed by atoms with Crippen molar-refractivity contribution < 1.29 is 31.8 Å². The second-order valence-electron chi connectivity index (χ2n) is 7.84. The van der Waals surface area contributed by atoms with E-state index in [0.717, 1.165) is 11.1 Å². The van der Waals surface area contributed by atoms with E-state index in [1.807, 2.05) is 6.92 Å². The topological polar surface area (TPSA) is 125 Å². The quantitative estimate of drug-likeness (QED) is 0.281. The average molecular weight is 499 g/mol. The number of rotatable bonds is 6. The van der Waals surface area contributed by atoms with Gasteiger partial charge in [0.15, 0.2) is 0 Å². The molecule has 0 aliphatic carbocycles. The molecule has 1 aliphatic heterocycles. The molecule has 1 heterocycles. The van der Waals surface area contributed by atoms with Gasteiger partial charge in [-0.2, -0.15) is 8.42 Å². The Kier molecular flexibility index (Phi) is 6.99. The predicted octanol–water partition coefficient (Wildman–Crippen LogP) is 4.24. The van der Waals surface area contributed by atoms with Crippen LogP contribution in [0.1, 0.15) is 17.2 Å². The van der Waals surface area contributed by atoms with E-state index in [9.17, 15) is 23.3 Å². The largest absolute Gasteiger partial charge is 0.415 e. The minimum Gasteiger partial charge on any atom is -0.410 e. The Hall–Kier alpha value is -3.96. The first-order chi connectivity index (χ1) is 16.7. The number of amides is 1. The lowest BCUT2D eigenvalue weighted by Gasteiger charge is -2.32. The van der Waals surface area contributed by atoms with Crippen LogP contribution in [-0.4, -0.2) is 44.0 Å². The molecule has 0 saturated carbocycles. The van der Waals surface area contributed by atoms with Crippen LogP contribution in [0.2, 0.25) is 0 Å². The van der Waals surface area contributed by atoms with Crippen LogP contribution in [0.3, 0.4) is 0 Å². The Morgan fingerprint density at radius 1 is 1.00 bits per heavy atom. The van der Waals surface area contributed by atoms with E-state index in [-0.39, 0.29) is 35.2 Å². The van der Waals surface area contributed by atoms with E-state index < -0.39 is 27.2 Å². The predicted molar refractivity (Wildman–Crippen MR) is 125 cm³/mol. The summed E-state index contributed by atoms with van der Waals surface area (Å²) in [5, 5.41) is 10.8. The number of nitro groups is 1. The zero-order valence-electron chi connectivity index (χ0n) is 18.7. The second-order valence-corrected chi connectivity index (χ2v) is 9.39. The van der Waals surface area contributed by atoms with Crippen molar-refractivity contribution in [2.24, 2.45) is 0 Å². The molecule has 1 amide bonds. The zero-order valence-corrected chi connectivity index (χ0v) is 19.5. The molecule has 0 bridgehead atoms. The normalized spacial score (nSPS) is 15.9. The summed E-state index contributed by atoms with van der Waals surface area (Å²) in [6.45, 7) is 2.67. The number of non-ortho nitro benzene ring substituents is 1. The van der Waals surface area contributed by atoms with Gasteiger partial charge in [0, 0.05) is 18.7 Å². The van der Waals surface area contributed by atoms with E-state index in [4.69, 9.17) is 13.7 Å². The SMILES string of the molecule is Cc1ccc(S(=O)(=O)Oc2ccc([C@@H]3CN(C(=O)Oc4ccc([N+](=O)[O-])cc4)CCO3)cc2)cc1. The summed E-state index contributed by atoms with van der Waals surface area (Å²) in [7, 11) is -3.96. The van der Waals surface area contributed by atoms with Gasteiger partial charge in [0.1, 0.15) is 22.5 Å². The molecule has 3 aromatic carbocycles. The minimum absolute atomic E-state index is 0.0602. The fourth-order valence-corrected chi connectivity index (χ4v) is 4.37. The molecule has 182 valence electrons. The van der Waals surface area contributed by atoms with Crippen LogP contribution in [0.4, 0.5) is 10.5 Å². The third kappa shape index (κ3) is 5.94. The summed E-state index contributed by atoms with van der Waals surface area (Å²) in [5.41, 5.74) is 1.57. The third-order valence-electron chi connectivity index (χ3n) is 5.34. The minimum atomic E-state index is -3.96. The van der Waals surface area contributed by atoms with Gasteiger partial charge < -0.3 is 18.6 Å². The highest BCUT2D eigenvalue weighted by atomic mass is 32.2. The van der Waals surface area contributed by atoms with Gasteiger partial charge in [-0.15, -0.1) is 0 Å². The van der Waals surface area contributed by atoms with Crippen molar-refractivity contribution >= 4 is 21.9 Å². The van der Waals surface area contributed by atoms with Crippen molar-refractivity contribution in [3.05, 3.63) is 94.0 Å². The molecular weight excluding hydrogens is 476 g/mol. The number of morpholine rings is 1. The molecule has 0 spiro atoms. The van der Waals surface area contributed by atoms with Gasteiger partial charge in [-0.25, -0.2) is 4.79 Å². The number of aryl methyl sites for hydroxylation is 1. The number of carbonyl (C=O) groups is 1. The molecule has 10 nitrogen and oxygen atoms in total. The van der Waals surface area contributed by atoms with Crippen molar-refractivity contribution in [3.8, 4) is 11.5 Å². The fraction of sp³-hybridized carbons (Fsp3) is 0.208. The summed E-state index contributed by atoms with van der Waals surface area (Å²) in [5.74, 6) is 0.347. The highest BCUT2D eigenvalue weighted by Gasteiger charge is 2.27. The van der Waals surface area contributed by atoms with Gasteiger partial charge in [-0.1, -0.05) is 29.8 Å². The van der Waals surface area contributed by atoms with Crippen molar-refractivity contribution in [1.29, 1.82) is 0 Å². The number of hydrogen-bond donors (Lipinski definition) is 0. The summed E-state index contributed by atoms with van der Waals surface area (Å²) in [6.07, 6.45) is -1.05. The summed E-state index contributed by atoms with van der Waals surface area (Å²) >= 11 is 0. The van der Waals surface area contributed by atoms with Crippen LogP contribution in [0.25, 0.3) is 0 Å². The Morgan fingerprint density at radius 3 is 2.26 bits per heavy atom. The van der Waals surface area contributed by atoms with Crippen molar-refractivity contribution in [1.82, 2.24) is 4.90 Å². The molecule has 1 fully saturated rings. The number of ether oxygens (including phenoxy) is 2. The smallest absolute Gasteiger partial charge is 0.410 e. The highest BCUT2D eigenvalue weighted by Crippen LogP contribution is 2.27. The average Bonchev–Trinajstić information content (AvgIpc) is 2.85. The van der Waals surface area contributed by atoms with E-state index in [1.54, 1.807) is 24.3 Å². The van der Waals surface area contributed by atoms with Crippen LogP contribution in [0.5, 0.6) is 11.5 Å². The van der Waals surface area contributed by atoms with Crippen LogP contribution in [0.15, 0.2) is 77.7 Å². The molecule has 3 aromatic rings. The van der Waals surface area contributed by atoms with Crippen LogP contribution < -0.4 is 8.92 Å².